The second kappa shape index (κ2) is 16.8. The molecule has 4 nitrogen and oxygen atoms in total. The molecule has 0 spiro atoms. The molecule has 0 aliphatic carbocycles. The van der Waals surface area contributed by atoms with E-state index in [2.05, 4.69) is 32.1 Å². The van der Waals surface area contributed by atoms with E-state index >= 15 is 0 Å². The van der Waals surface area contributed by atoms with Crippen LogP contribution in [0.2, 0.25) is 0 Å². The first-order chi connectivity index (χ1) is 22.5. The molecule has 1 aliphatic rings. The van der Waals surface area contributed by atoms with E-state index < -0.39 is 34.6 Å². The van der Waals surface area contributed by atoms with Crippen molar-refractivity contribution in [1.82, 2.24) is 15.0 Å². The fourth-order valence-corrected chi connectivity index (χ4v) is 4.26. The topological polar surface area (TPSA) is 52.2 Å². The molecule has 7 rings (SSSR count). The van der Waals surface area contributed by atoms with Gasteiger partial charge in [0.25, 0.3) is 0 Å². The summed E-state index contributed by atoms with van der Waals surface area (Å²) in [6.45, 7) is 0. The Balaban J connectivity index is 0.000000170. The number of nitrogens with zero attached hydrogens (tertiary/aromatic N) is 4. The molecular formula is C37H22F5IrN4. The second-order valence-electron chi connectivity index (χ2n) is 9.35. The molecule has 4 heterocycles. The first-order valence-electron chi connectivity index (χ1n) is 13.8. The third kappa shape index (κ3) is 8.49. The standard InChI is InChI=1S/C15H6F5N2.2C11H8N.Ir/c16-11-10(12(17)14(19)15(20)13(11)18)9(7-3-1-5-21-7)8-4-2-6-22-8;2*1-2-6-10(7-3-1)11-8-4-5-9-12-11;/h1-6H;2*1-6,8-9H;/q3*-1;+3/b9-7+;;;. The third-order valence-electron chi connectivity index (χ3n) is 6.38. The van der Waals surface area contributed by atoms with E-state index in [1.807, 2.05) is 84.9 Å². The van der Waals surface area contributed by atoms with Crippen molar-refractivity contribution in [2.45, 2.75) is 0 Å². The molecule has 3 aromatic carbocycles. The minimum Gasteiger partial charge on any atom is -0.664 e. The predicted octanol–water partition coefficient (Wildman–Crippen LogP) is 8.83. The van der Waals surface area contributed by atoms with Gasteiger partial charge in [-0.25, -0.2) is 22.0 Å². The number of aromatic nitrogens is 3. The Morgan fingerprint density at radius 3 is 1.53 bits per heavy atom. The van der Waals surface area contributed by atoms with Crippen molar-refractivity contribution in [3.8, 4) is 22.5 Å². The Hall–Kier alpha value is -5.31. The van der Waals surface area contributed by atoms with Crippen LogP contribution in [-0.4, -0.2) is 16.2 Å². The fraction of sp³-hybridized carbons (Fsp3) is 0. The van der Waals surface area contributed by atoms with Gasteiger partial charge in [-0.2, -0.15) is 6.20 Å². The van der Waals surface area contributed by atoms with Gasteiger partial charge in [0.1, 0.15) is 0 Å². The van der Waals surface area contributed by atoms with Crippen molar-refractivity contribution in [2.24, 2.45) is 4.99 Å². The second-order valence-corrected chi connectivity index (χ2v) is 9.35. The minimum atomic E-state index is -2.20. The first-order valence-corrected chi connectivity index (χ1v) is 13.8. The molecule has 6 aromatic rings. The van der Waals surface area contributed by atoms with Crippen LogP contribution in [0.3, 0.4) is 0 Å². The van der Waals surface area contributed by atoms with Crippen LogP contribution >= 0.6 is 0 Å². The molecule has 0 amide bonds. The van der Waals surface area contributed by atoms with E-state index in [4.69, 9.17) is 0 Å². The van der Waals surface area contributed by atoms with Gasteiger partial charge < -0.3 is 15.0 Å². The van der Waals surface area contributed by atoms with Crippen LogP contribution in [0.5, 0.6) is 0 Å². The molecule has 0 atom stereocenters. The van der Waals surface area contributed by atoms with Gasteiger partial charge in [0.2, 0.25) is 5.82 Å². The molecule has 3 aromatic heterocycles. The van der Waals surface area contributed by atoms with Crippen LogP contribution in [-0.2, 0) is 20.1 Å². The van der Waals surface area contributed by atoms with Crippen LogP contribution in [0.4, 0.5) is 22.0 Å². The molecule has 0 saturated heterocycles. The van der Waals surface area contributed by atoms with Crippen molar-refractivity contribution in [3.63, 3.8) is 0 Å². The van der Waals surface area contributed by atoms with Gasteiger partial charge in [-0.1, -0.05) is 36.4 Å². The summed E-state index contributed by atoms with van der Waals surface area (Å²) in [5.41, 5.74) is 2.83. The van der Waals surface area contributed by atoms with Crippen molar-refractivity contribution < 1.29 is 42.1 Å². The number of rotatable bonds is 4. The molecule has 0 unspecified atom stereocenters. The summed E-state index contributed by atoms with van der Waals surface area (Å²) in [4.78, 5) is 16.2. The molecule has 0 saturated carbocycles. The Bertz CT molecular complexity index is 1770. The summed E-state index contributed by atoms with van der Waals surface area (Å²) in [6.07, 6.45) is 9.12. The third-order valence-corrected chi connectivity index (χ3v) is 6.38. The van der Waals surface area contributed by atoms with Crippen LogP contribution in [0.1, 0.15) is 11.3 Å². The zero-order valence-corrected chi connectivity index (χ0v) is 26.6. The largest absolute Gasteiger partial charge is 3.00 e. The molecule has 0 N–H and O–H groups in total. The van der Waals surface area contributed by atoms with E-state index in [0.717, 1.165) is 22.5 Å². The van der Waals surface area contributed by atoms with E-state index in [-0.39, 0.29) is 37.1 Å². The van der Waals surface area contributed by atoms with E-state index in [9.17, 15) is 22.0 Å². The van der Waals surface area contributed by atoms with E-state index in [0.29, 0.717) is 0 Å². The summed E-state index contributed by atoms with van der Waals surface area (Å²) in [5.74, 6) is -10.1. The van der Waals surface area contributed by atoms with Crippen LogP contribution in [0, 0.1) is 41.2 Å². The number of allylic oxidation sites excluding steroid dienone is 2. The van der Waals surface area contributed by atoms with Crippen LogP contribution in [0.15, 0.2) is 138 Å². The van der Waals surface area contributed by atoms with Crippen molar-refractivity contribution in [3.05, 3.63) is 186 Å². The zero-order valence-electron chi connectivity index (χ0n) is 24.2. The smallest absolute Gasteiger partial charge is 0.664 e. The average Bonchev–Trinajstić information content (AvgIpc) is 3.86. The monoisotopic (exact) mass is 810 g/mol. The number of hydrogen-bond acceptors (Lipinski definition) is 3. The molecular weight excluding hydrogens is 788 g/mol. The van der Waals surface area contributed by atoms with Gasteiger partial charge in [0.05, 0.1) is 11.3 Å². The number of hydrogen-bond donors (Lipinski definition) is 0. The Morgan fingerprint density at radius 1 is 0.596 bits per heavy atom. The Morgan fingerprint density at radius 2 is 1.13 bits per heavy atom. The molecule has 10 heteroatoms. The van der Waals surface area contributed by atoms with Gasteiger partial charge in [0.15, 0.2) is 23.3 Å². The molecule has 234 valence electrons. The zero-order chi connectivity index (χ0) is 32.3. The van der Waals surface area contributed by atoms with E-state index in [1.165, 1.54) is 36.7 Å². The number of benzene rings is 3. The fourth-order valence-electron chi connectivity index (χ4n) is 4.26. The Kier molecular flexibility index (Phi) is 12.4. The normalized spacial score (nSPS) is 12.3. The van der Waals surface area contributed by atoms with Crippen molar-refractivity contribution >= 4 is 11.8 Å². The molecule has 47 heavy (non-hydrogen) atoms. The maximum atomic E-state index is 14.0. The first kappa shape index (κ1) is 34.6. The van der Waals surface area contributed by atoms with Gasteiger partial charge in [-0.15, -0.1) is 77.5 Å². The van der Waals surface area contributed by atoms with Gasteiger partial charge >= 0.3 is 20.1 Å². The molecule has 1 aliphatic heterocycles. The SMILES string of the molecule is Fc1c(F)c(F)c(/C(=C2\C=CC=N2)c2ccc[n-]2)c(F)c1F.[Ir+3].[c-]1ccccc1-c1ccccn1.[c-]1ccccc1-c1ccccn1. The number of pyridine rings is 2. The van der Waals surface area contributed by atoms with Crippen molar-refractivity contribution in [1.29, 1.82) is 0 Å². The summed E-state index contributed by atoms with van der Waals surface area (Å²) in [6, 6.07) is 36.5. The maximum Gasteiger partial charge on any atom is 3.00 e. The van der Waals surface area contributed by atoms with Gasteiger partial charge in [-0.3, -0.25) is 4.99 Å². The van der Waals surface area contributed by atoms with Gasteiger partial charge in [0, 0.05) is 18.6 Å². The summed E-state index contributed by atoms with van der Waals surface area (Å²) < 4.78 is 68.1. The molecule has 0 fully saturated rings. The van der Waals surface area contributed by atoms with Gasteiger partial charge in [-0.05, 0) is 41.2 Å². The predicted molar refractivity (Wildman–Crippen MR) is 167 cm³/mol. The Labute approximate surface area is 281 Å². The summed E-state index contributed by atoms with van der Waals surface area (Å²) in [7, 11) is 0. The van der Waals surface area contributed by atoms with E-state index in [1.54, 1.807) is 12.4 Å². The van der Waals surface area contributed by atoms with Crippen LogP contribution in [0.25, 0.3) is 28.1 Å². The average molecular weight is 810 g/mol. The molecule has 0 radical (unpaired) electrons. The van der Waals surface area contributed by atoms with Crippen molar-refractivity contribution in [2.75, 3.05) is 0 Å². The summed E-state index contributed by atoms with van der Waals surface area (Å²) >= 11 is 0. The summed E-state index contributed by atoms with van der Waals surface area (Å²) in [5, 5.41) is 0. The number of aliphatic imine (C=N–C) groups is 1. The van der Waals surface area contributed by atoms with Crippen LogP contribution < -0.4 is 4.98 Å². The quantitative estimate of drug-likeness (QED) is 0.0775. The maximum absolute atomic E-state index is 14.0. The number of halogens is 5. The minimum absolute atomic E-state index is 0. The molecule has 0 bridgehead atoms.